The number of ether oxygens (including phenoxy) is 1. The van der Waals surface area contributed by atoms with Crippen LogP contribution in [0.4, 0.5) is 13.2 Å². The number of hydrogen-bond donors (Lipinski definition) is 3. The number of halogens is 3. The van der Waals surface area contributed by atoms with E-state index in [2.05, 4.69) is 25.6 Å². The molecule has 0 aliphatic heterocycles. The highest BCUT2D eigenvalue weighted by atomic mass is 19.4. The van der Waals surface area contributed by atoms with Gasteiger partial charge in [-0.3, -0.25) is 9.59 Å². The number of fused-ring (bicyclic) bond motifs is 1. The molecule has 2 aliphatic carbocycles. The Kier molecular flexibility index (Phi) is 7.26. The van der Waals surface area contributed by atoms with E-state index in [1.807, 2.05) is 6.92 Å². The number of rotatable bonds is 7. The van der Waals surface area contributed by atoms with Crippen LogP contribution < -0.4 is 15.4 Å². The fourth-order valence-corrected chi connectivity index (χ4v) is 5.37. The number of nitrogens with one attached hydrogen (secondary N) is 3. The van der Waals surface area contributed by atoms with Crippen LogP contribution in [0.2, 0.25) is 0 Å². The second-order valence-electron chi connectivity index (χ2n) is 10.8. The maximum atomic E-state index is 13.6. The minimum absolute atomic E-state index is 0.0684. The summed E-state index contributed by atoms with van der Waals surface area (Å²) in [4.78, 5) is 36.7. The molecule has 3 aromatic rings. The first-order valence-corrected chi connectivity index (χ1v) is 13.3. The summed E-state index contributed by atoms with van der Waals surface area (Å²) in [6.45, 7) is 5.70. The highest BCUT2D eigenvalue weighted by molar-refractivity contribution is 6.09. The van der Waals surface area contributed by atoms with Gasteiger partial charge in [0.05, 0.1) is 23.3 Å². The van der Waals surface area contributed by atoms with E-state index in [1.54, 1.807) is 6.92 Å². The van der Waals surface area contributed by atoms with Crippen molar-refractivity contribution in [3.05, 3.63) is 41.3 Å². The standard InChI is InChI=1S/C28H32F3N5O3/c1-14-10-19(7-8-21(14)35-16(3)37)36-27(38)23-15(2)34-26-24(32-13-33-25(23)26)20-11-18(28(29,30)31)6-9-22(20)39-12-17-4-5-17/h6,9,11,13-14,17,19,21,34H,4-5,7-8,10,12H2,1-3H3,(H,35,37)(H,36,38). The third-order valence-corrected chi connectivity index (χ3v) is 7.63. The van der Waals surface area contributed by atoms with Gasteiger partial charge in [0.25, 0.3) is 5.91 Å². The van der Waals surface area contributed by atoms with E-state index in [0.29, 0.717) is 53.4 Å². The Morgan fingerprint density at radius 2 is 1.90 bits per heavy atom. The van der Waals surface area contributed by atoms with Gasteiger partial charge in [-0.25, -0.2) is 9.97 Å². The first kappa shape index (κ1) is 27.0. The summed E-state index contributed by atoms with van der Waals surface area (Å²) in [6, 6.07) is 3.37. The average Bonchev–Trinajstić information content (AvgIpc) is 3.63. The highest BCUT2D eigenvalue weighted by Crippen LogP contribution is 2.40. The lowest BCUT2D eigenvalue weighted by atomic mass is 9.82. The van der Waals surface area contributed by atoms with Gasteiger partial charge in [0.1, 0.15) is 23.3 Å². The van der Waals surface area contributed by atoms with Crippen molar-refractivity contribution in [1.82, 2.24) is 25.6 Å². The molecule has 2 fully saturated rings. The number of nitrogens with zero attached hydrogens (tertiary/aromatic N) is 2. The van der Waals surface area contributed by atoms with Crippen molar-refractivity contribution in [2.24, 2.45) is 11.8 Å². The van der Waals surface area contributed by atoms with Gasteiger partial charge in [0, 0.05) is 30.3 Å². The van der Waals surface area contributed by atoms with Crippen molar-refractivity contribution in [2.75, 3.05) is 6.61 Å². The lowest BCUT2D eigenvalue weighted by molar-refractivity contribution is -0.137. The molecule has 11 heteroatoms. The van der Waals surface area contributed by atoms with Gasteiger partial charge in [-0.05, 0) is 69.1 Å². The molecule has 2 amide bonds. The molecule has 5 rings (SSSR count). The predicted octanol–water partition coefficient (Wildman–Crippen LogP) is 5.16. The molecule has 0 spiro atoms. The summed E-state index contributed by atoms with van der Waals surface area (Å²) in [6.07, 6.45) is 0.977. The van der Waals surface area contributed by atoms with Crippen LogP contribution in [0.3, 0.4) is 0 Å². The number of carbonyl (C=O) groups is 2. The maximum absolute atomic E-state index is 13.6. The van der Waals surface area contributed by atoms with E-state index < -0.39 is 11.7 Å². The minimum Gasteiger partial charge on any atom is -0.493 e. The van der Waals surface area contributed by atoms with Gasteiger partial charge >= 0.3 is 6.18 Å². The number of aromatic amines is 1. The zero-order chi connectivity index (χ0) is 27.9. The largest absolute Gasteiger partial charge is 0.493 e. The molecule has 0 bridgehead atoms. The molecule has 2 aliphatic rings. The molecule has 2 aromatic heterocycles. The third kappa shape index (κ3) is 5.86. The second-order valence-corrected chi connectivity index (χ2v) is 10.8. The molecule has 2 heterocycles. The van der Waals surface area contributed by atoms with Crippen molar-refractivity contribution in [2.45, 2.75) is 71.1 Å². The molecule has 3 unspecified atom stereocenters. The van der Waals surface area contributed by atoms with Gasteiger partial charge in [-0.1, -0.05) is 6.92 Å². The number of benzene rings is 1. The Morgan fingerprint density at radius 3 is 2.56 bits per heavy atom. The zero-order valence-corrected chi connectivity index (χ0v) is 22.1. The summed E-state index contributed by atoms with van der Waals surface area (Å²) < 4.78 is 46.7. The Labute approximate surface area is 224 Å². The smallest absolute Gasteiger partial charge is 0.416 e. The van der Waals surface area contributed by atoms with Crippen LogP contribution in [-0.4, -0.2) is 45.5 Å². The van der Waals surface area contributed by atoms with E-state index in [0.717, 1.165) is 31.4 Å². The number of alkyl halides is 3. The SMILES string of the molecule is CC(=O)NC1CCC(NC(=O)c2c(C)[nH]c3c(-c4cc(C(F)(F)F)ccc4OCC4CC4)ncnc23)CC1C. The number of hydrogen-bond acceptors (Lipinski definition) is 5. The number of aromatic nitrogens is 3. The predicted molar refractivity (Wildman–Crippen MR) is 139 cm³/mol. The molecule has 8 nitrogen and oxygen atoms in total. The summed E-state index contributed by atoms with van der Waals surface area (Å²) in [5.74, 6) is 0.525. The first-order valence-electron chi connectivity index (χ1n) is 13.3. The van der Waals surface area contributed by atoms with Crippen molar-refractivity contribution in [3.63, 3.8) is 0 Å². The summed E-state index contributed by atoms with van der Waals surface area (Å²) in [5, 5.41) is 6.06. The molecule has 1 aromatic carbocycles. The fourth-order valence-electron chi connectivity index (χ4n) is 5.37. The number of carbonyl (C=O) groups excluding carboxylic acids is 2. The van der Waals surface area contributed by atoms with Crippen LogP contribution >= 0.6 is 0 Å². The summed E-state index contributed by atoms with van der Waals surface area (Å²) in [7, 11) is 0. The van der Waals surface area contributed by atoms with Gasteiger partial charge in [0.2, 0.25) is 5.91 Å². The Hall–Kier alpha value is -3.63. The van der Waals surface area contributed by atoms with Gasteiger partial charge in [0.15, 0.2) is 0 Å². The Bertz CT molecular complexity index is 1400. The molecule has 3 N–H and O–H groups in total. The highest BCUT2D eigenvalue weighted by Gasteiger charge is 2.33. The Balaban J connectivity index is 1.45. The van der Waals surface area contributed by atoms with Gasteiger partial charge < -0.3 is 20.4 Å². The van der Waals surface area contributed by atoms with Crippen LogP contribution in [0.5, 0.6) is 5.75 Å². The molecule has 3 atom stereocenters. The number of amides is 2. The topological polar surface area (TPSA) is 109 Å². The van der Waals surface area contributed by atoms with Gasteiger partial charge in [-0.15, -0.1) is 0 Å². The van der Waals surface area contributed by atoms with E-state index in [-0.39, 0.29) is 41.1 Å². The number of aryl methyl sites for hydroxylation is 1. The van der Waals surface area contributed by atoms with E-state index in [4.69, 9.17) is 4.74 Å². The molecule has 2 saturated carbocycles. The maximum Gasteiger partial charge on any atom is 0.416 e. The zero-order valence-electron chi connectivity index (χ0n) is 22.1. The summed E-state index contributed by atoms with van der Waals surface area (Å²) >= 11 is 0. The molecular formula is C28H32F3N5O3. The van der Waals surface area contributed by atoms with E-state index in [9.17, 15) is 22.8 Å². The third-order valence-electron chi connectivity index (χ3n) is 7.63. The lowest BCUT2D eigenvalue weighted by Gasteiger charge is -2.34. The van der Waals surface area contributed by atoms with Crippen LogP contribution in [-0.2, 0) is 11.0 Å². The lowest BCUT2D eigenvalue weighted by Crippen LogP contribution is -2.47. The van der Waals surface area contributed by atoms with Gasteiger partial charge in [-0.2, -0.15) is 13.2 Å². The van der Waals surface area contributed by atoms with Crippen LogP contribution in [0.1, 0.15) is 67.6 Å². The Morgan fingerprint density at radius 1 is 1.13 bits per heavy atom. The van der Waals surface area contributed by atoms with E-state index >= 15 is 0 Å². The van der Waals surface area contributed by atoms with Crippen molar-refractivity contribution in [3.8, 4) is 17.0 Å². The normalized spacial score (nSPS) is 21.5. The second kappa shape index (κ2) is 10.5. The summed E-state index contributed by atoms with van der Waals surface area (Å²) in [5.41, 5.74) is 1.20. The molecular weight excluding hydrogens is 511 g/mol. The number of H-pyrrole nitrogens is 1. The quantitative estimate of drug-likeness (QED) is 0.381. The minimum atomic E-state index is -4.54. The van der Waals surface area contributed by atoms with Crippen LogP contribution in [0.25, 0.3) is 22.3 Å². The molecule has 0 radical (unpaired) electrons. The van der Waals surface area contributed by atoms with Crippen molar-refractivity contribution >= 4 is 22.8 Å². The molecule has 208 valence electrons. The molecule has 39 heavy (non-hydrogen) atoms. The van der Waals surface area contributed by atoms with Crippen LogP contribution in [0.15, 0.2) is 24.5 Å². The van der Waals surface area contributed by atoms with Crippen LogP contribution in [0, 0.1) is 18.8 Å². The average molecular weight is 544 g/mol. The van der Waals surface area contributed by atoms with Crippen molar-refractivity contribution < 1.29 is 27.5 Å². The fraction of sp³-hybridized carbons (Fsp3) is 0.500. The van der Waals surface area contributed by atoms with Crippen molar-refractivity contribution in [1.29, 1.82) is 0 Å². The first-order chi connectivity index (χ1) is 18.5. The monoisotopic (exact) mass is 543 g/mol. The molecule has 0 saturated heterocycles. The van der Waals surface area contributed by atoms with E-state index in [1.165, 1.54) is 19.3 Å².